The lowest BCUT2D eigenvalue weighted by molar-refractivity contribution is -0.0226. The number of rotatable bonds is 1. The van der Waals surface area contributed by atoms with Gasteiger partial charge in [0.25, 0.3) is 11.9 Å². The zero-order valence-corrected chi connectivity index (χ0v) is 9.70. The van der Waals surface area contributed by atoms with Gasteiger partial charge in [0.15, 0.2) is 5.58 Å². The molecular formula is C12H13F2N3O. The van der Waals surface area contributed by atoms with Crippen LogP contribution in [-0.2, 0) is 0 Å². The number of nitrogen functional groups attached to an aromatic ring is 1. The molecule has 1 fully saturated rings. The first-order valence-electron chi connectivity index (χ1n) is 5.82. The van der Waals surface area contributed by atoms with E-state index in [-0.39, 0.29) is 25.9 Å². The molecule has 1 aliphatic heterocycles. The van der Waals surface area contributed by atoms with Crippen molar-refractivity contribution in [1.29, 1.82) is 0 Å². The molecule has 96 valence electrons. The predicted molar refractivity (Wildman–Crippen MR) is 64.8 cm³/mol. The van der Waals surface area contributed by atoms with Crippen LogP contribution >= 0.6 is 0 Å². The highest BCUT2D eigenvalue weighted by atomic mass is 19.3. The first-order chi connectivity index (χ1) is 8.53. The van der Waals surface area contributed by atoms with Crippen LogP contribution in [-0.4, -0.2) is 24.0 Å². The second kappa shape index (κ2) is 3.83. The molecule has 1 aliphatic rings. The Balaban J connectivity index is 1.87. The molecule has 0 radical (unpaired) electrons. The predicted octanol–water partition coefficient (Wildman–Crippen LogP) is 2.65. The maximum atomic E-state index is 13.1. The number of alkyl halides is 2. The first-order valence-corrected chi connectivity index (χ1v) is 5.82. The zero-order chi connectivity index (χ0) is 12.8. The molecule has 2 heterocycles. The highest BCUT2D eigenvalue weighted by Crippen LogP contribution is 2.31. The number of benzene rings is 1. The van der Waals surface area contributed by atoms with Crippen LogP contribution in [0.15, 0.2) is 22.6 Å². The topological polar surface area (TPSA) is 55.3 Å². The summed E-state index contributed by atoms with van der Waals surface area (Å²) in [7, 11) is 0. The SMILES string of the molecule is Nc1ccc2oc(N3CCC(F)(F)CC3)nc2c1. The lowest BCUT2D eigenvalue weighted by Crippen LogP contribution is -2.39. The summed E-state index contributed by atoms with van der Waals surface area (Å²) in [4.78, 5) is 6.02. The highest BCUT2D eigenvalue weighted by Gasteiger charge is 2.35. The van der Waals surface area contributed by atoms with Gasteiger partial charge in [0.1, 0.15) is 5.52 Å². The molecule has 6 heteroatoms. The van der Waals surface area contributed by atoms with Crippen molar-refractivity contribution in [2.45, 2.75) is 18.8 Å². The standard InChI is InChI=1S/C12H13F2N3O/c13-12(14)3-5-17(6-4-12)11-16-9-7-8(15)1-2-10(9)18-11/h1-2,7H,3-6,15H2. The summed E-state index contributed by atoms with van der Waals surface area (Å²) in [5.74, 6) is -2.56. The molecule has 0 bridgehead atoms. The van der Waals surface area contributed by atoms with Crippen LogP contribution in [0.25, 0.3) is 11.1 Å². The third-order valence-electron chi connectivity index (χ3n) is 3.17. The number of anilines is 2. The number of nitrogens with two attached hydrogens (primary N) is 1. The molecule has 18 heavy (non-hydrogen) atoms. The van der Waals surface area contributed by atoms with Gasteiger partial charge in [-0.3, -0.25) is 0 Å². The minimum Gasteiger partial charge on any atom is -0.423 e. The molecule has 2 N–H and O–H groups in total. The molecule has 2 aromatic rings. The summed E-state index contributed by atoms with van der Waals surface area (Å²) in [6.45, 7) is 0.518. The fraction of sp³-hybridized carbons (Fsp3) is 0.417. The van der Waals surface area contributed by atoms with Gasteiger partial charge in [-0.25, -0.2) is 8.78 Å². The van der Waals surface area contributed by atoms with E-state index in [1.54, 1.807) is 23.1 Å². The number of hydrogen-bond acceptors (Lipinski definition) is 4. The summed E-state index contributed by atoms with van der Waals surface area (Å²) in [5, 5.41) is 0. The second-order valence-electron chi connectivity index (χ2n) is 4.57. The van der Waals surface area contributed by atoms with Gasteiger partial charge in [0, 0.05) is 31.6 Å². The molecule has 1 aromatic carbocycles. The Morgan fingerprint density at radius 3 is 2.72 bits per heavy atom. The number of hydrogen-bond donors (Lipinski definition) is 1. The van der Waals surface area contributed by atoms with E-state index in [1.807, 2.05) is 0 Å². The first kappa shape index (κ1) is 11.3. The Hall–Kier alpha value is -1.85. The molecular weight excluding hydrogens is 240 g/mol. The number of oxazole rings is 1. The van der Waals surface area contributed by atoms with Gasteiger partial charge in [-0.15, -0.1) is 0 Å². The third kappa shape index (κ3) is 1.98. The number of halogens is 2. The quantitative estimate of drug-likeness (QED) is 0.794. The monoisotopic (exact) mass is 253 g/mol. The molecule has 3 rings (SSSR count). The van der Waals surface area contributed by atoms with Gasteiger partial charge < -0.3 is 15.1 Å². The molecule has 0 saturated carbocycles. The molecule has 0 aliphatic carbocycles. The van der Waals surface area contributed by atoms with E-state index in [9.17, 15) is 8.78 Å². The minimum absolute atomic E-state index is 0.159. The lowest BCUT2D eigenvalue weighted by Gasteiger charge is -2.30. The van der Waals surface area contributed by atoms with Crippen molar-refractivity contribution in [1.82, 2.24) is 4.98 Å². The van der Waals surface area contributed by atoms with E-state index in [4.69, 9.17) is 10.2 Å². The van der Waals surface area contributed by atoms with E-state index in [0.717, 1.165) is 0 Å². The van der Waals surface area contributed by atoms with Crippen LogP contribution in [0.2, 0.25) is 0 Å². The fourth-order valence-corrected chi connectivity index (χ4v) is 2.09. The van der Waals surface area contributed by atoms with Crippen molar-refractivity contribution in [2.24, 2.45) is 0 Å². The van der Waals surface area contributed by atoms with Crippen molar-refractivity contribution >= 4 is 22.8 Å². The average molecular weight is 253 g/mol. The van der Waals surface area contributed by atoms with Crippen molar-refractivity contribution in [3.8, 4) is 0 Å². The largest absolute Gasteiger partial charge is 0.423 e. The van der Waals surface area contributed by atoms with Gasteiger partial charge in [0.05, 0.1) is 0 Å². The molecule has 4 nitrogen and oxygen atoms in total. The fourth-order valence-electron chi connectivity index (χ4n) is 2.09. The van der Waals surface area contributed by atoms with Crippen LogP contribution in [0.3, 0.4) is 0 Å². The van der Waals surface area contributed by atoms with Crippen LogP contribution in [0.4, 0.5) is 20.5 Å². The van der Waals surface area contributed by atoms with Gasteiger partial charge in [-0.2, -0.15) is 4.98 Å². The minimum atomic E-state index is -2.56. The smallest absolute Gasteiger partial charge is 0.298 e. The van der Waals surface area contributed by atoms with Crippen LogP contribution in [0, 0.1) is 0 Å². The molecule has 1 saturated heterocycles. The molecule has 0 atom stereocenters. The summed E-state index contributed by atoms with van der Waals surface area (Å²) < 4.78 is 31.7. The third-order valence-corrected chi connectivity index (χ3v) is 3.17. The Labute approximate surface area is 102 Å². The Morgan fingerprint density at radius 2 is 2.00 bits per heavy atom. The number of fused-ring (bicyclic) bond motifs is 1. The molecule has 0 spiro atoms. The van der Waals surface area contributed by atoms with Gasteiger partial charge >= 0.3 is 0 Å². The normalized spacial score (nSPS) is 19.3. The van der Waals surface area contributed by atoms with Gasteiger partial charge in [0.2, 0.25) is 0 Å². The Kier molecular flexibility index (Phi) is 2.39. The van der Waals surface area contributed by atoms with E-state index in [2.05, 4.69) is 4.98 Å². The van der Waals surface area contributed by atoms with Crippen molar-refractivity contribution in [3.63, 3.8) is 0 Å². The average Bonchev–Trinajstić information content (AvgIpc) is 2.71. The zero-order valence-electron chi connectivity index (χ0n) is 9.70. The Bertz CT molecular complexity index is 572. The summed E-state index contributed by atoms with van der Waals surface area (Å²) in [6.07, 6.45) is -0.318. The van der Waals surface area contributed by atoms with Crippen LogP contribution in [0.1, 0.15) is 12.8 Å². The molecule has 1 aromatic heterocycles. The highest BCUT2D eigenvalue weighted by molar-refractivity contribution is 5.78. The van der Waals surface area contributed by atoms with Crippen molar-refractivity contribution < 1.29 is 13.2 Å². The van der Waals surface area contributed by atoms with Crippen molar-refractivity contribution in [2.75, 3.05) is 23.7 Å². The van der Waals surface area contributed by atoms with Crippen LogP contribution < -0.4 is 10.6 Å². The second-order valence-corrected chi connectivity index (χ2v) is 4.57. The maximum absolute atomic E-state index is 13.1. The number of nitrogens with zero attached hydrogens (tertiary/aromatic N) is 2. The van der Waals surface area contributed by atoms with Gasteiger partial charge in [-0.1, -0.05) is 0 Å². The van der Waals surface area contributed by atoms with Gasteiger partial charge in [-0.05, 0) is 18.2 Å². The van der Waals surface area contributed by atoms with Crippen LogP contribution in [0.5, 0.6) is 0 Å². The lowest BCUT2D eigenvalue weighted by atomic mass is 10.1. The number of aromatic nitrogens is 1. The van der Waals surface area contributed by atoms with E-state index in [1.165, 1.54) is 0 Å². The van der Waals surface area contributed by atoms with E-state index in [0.29, 0.717) is 22.8 Å². The summed E-state index contributed by atoms with van der Waals surface area (Å²) >= 11 is 0. The maximum Gasteiger partial charge on any atom is 0.298 e. The summed E-state index contributed by atoms with van der Waals surface area (Å²) in [6, 6.07) is 5.56. The molecule has 0 amide bonds. The summed E-state index contributed by atoms with van der Waals surface area (Å²) in [5.41, 5.74) is 7.53. The number of piperidine rings is 1. The van der Waals surface area contributed by atoms with E-state index >= 15 is 0 Å². The molecule has 0 unspecified atom stereocenters. The van der Waals surface area contributed by atoms with E-state index < -0.39 is 5.92 Å². The van der Waals surface area contributed by atoms with Crippen molar-refractivity contribution in [3.05, 3.63) is 18.2 Å². The Morgan fingerprint density at radius 1 is 1.28 bits per heavy atom.